The molecule has 0 aromatic heterocycles. The molecule has 0 heterocycles. The molecule has 0 spiro atoms. The summed E-state index contributed by atoms with van der Waals surface area (Å²) in [5.41, 5.74) is 0. The Kier molecular flexibility index (Phi) is 2.90. The van der Waals surface area contributed by atoms with Crippen molar-refractivity contribution in [1.29, 1.82) is 0 Å². The van der Waals surface area contributed by atoms with E-state index in [9.17, 15) is 0 Å². The van der Waals surface area contributed by atoms with Gasteiger partial charge in [-0.2, -0.15) is 0 Å². The van der Waals surface area contributed by atoms with Crippen LogP contribution in [0.2, 0.25) is 0 Å². The van der Waals surface area contributed by atoms with Crippen LogP contribution in [-0.4, -0.2) is 32.5 Å². The third kappa shape index (κ3) is 2.09. The summed E-state index contributed by atoms with van der Waals surface area (Å²) in [6.07, 6.45) is 0. The maximum atomic E-state index is 8.66. The molecule has 0 aliphatic carbocycles. The minimum atomic E-state index is -1.99. The summed E-state index contributed by atoms with van der Waals surface area (Å²) in [6, 6.07) is 0. The van der Waals surface area contributed by atoms with E-state index in [1.807, 2.05) is 0 Å². The molecule has 8 heavy (non-hydrogen) atoms. The second kappa shape index (κ2) is 2.77. The van der Waals surface area contributed by atoms with Gasteiger partial charge in [-0.15, -0.1) is 0 Å². The Morgan fingerprint density at radius 1 is 1.62 bits per heavy atom. The maximum Gasteiger partial charge on any atom is 0.199 e. The fourth-order valence-electron chi connectivity index (χ4n) is 0.126. The molecule has 1 atom stereocenters. The number of hydrogen-bond donors (Lipinski definition) is 3. The van der Waals surface area contributed by atoms with Gasteiger partial charge in [0.2, 0.25) is 0 Å². The number of hydrogen-bond acceptors (Lipinski definition) is 3. The van der Waals surface area contributed by atoms with Gasteiger partial charge in [-0.1, -0.05) is 15.9 Å². The average molecular weight is 185 g/mol. The number of alkyl halides is 1. The SMILES string of the molecule is CC(Br)C(O)(O)CO. The summed E-state index contributed by atoms with van der Waals surface area (Å²) < 4.78 is 0. The van der Waals surface area contributed by atoms with E-state index in [1.54, 1.807) is 0 Å². The van der Waals surface area contributed by atoms with E-state index >= 15 is 0 Å². The van der Waals surface area contributed by atoms with E-state index in [-0.39, 0.29) is 0 Å². The van der Waals surface area contributed by atoms with Crippen molar-refractivity contribution in [2.75, 3.05) is 6.61 Å². The topological polar surface area (TPSA) is 60.7 Å². The van der Waals surface area contributed by atoms with Crippen LogP contribution in [0.5, 0.6) is 0 Å². The van der Waals surface area contributed by atoms with Gasteiger partial charge in [0.05, 0.1) is 11.4 Å². The van der Waals surface area contributed by atoms with E-state index in [2.05, 4.69) is 15.9 Å². The first-order chi connectivity index (χ1) is 3.50. The van der Waals surface area contributed by atoms with Crippen LogP contribution < -0.4 is 0 Å². The van der Waals surface area contributed by atoms with Crippen molar-refractivity contribution in [3.8, 4) is 0 Å². The predicted molar refractivity (Wildman–Crippen MR) is 32.6 cm³/mol. The van der Waals surface area contributed by atoms with Gasteiger partial charge in [-0.05, 0) is 6.92 Å². The second-order valence-corrected chi connectivity index (χ2v) is 3.03. The molecule has 0 amide bonds. The molecule has 0 aliphatic heterocycles. The number of aliphatic hydroxyl groups excluding tert-OH is 1. The molecular weight excluding hydrogens is 176 g/mol. The van der Waals surface area contributed by atoms with Crippen molar-refractivity contribution in [2.45, 2.75) is 17.5 Å². The highest BCUT2D eigenvalue weighted by atomic mass is 79.9. The van der Waals surface area contributed by atoms with Crippen LogP contribution in [0.15, 0.2) is 0 Å². The highest BCUT2D eigenvalue weighted by molar-refractivity contribution is 9.09. The predicted octanol–water partition coefficient (Wildman–Crippen LogP) is -0.557. The van der Waals surface area contributed by atoms with Crippen LogP contribution in [0.1, 0.15) is 6.92 Å². The summed E-state index contributed by atoms with van der Waals surface area (Å²) in [7, 11) is 0. The lowest BCUT2D eigenvalue weighted by Crippen LogP contribution is -2.40. The number of aliphatic hydroxyl groups is 3. The van der Waals surface area contributed by atoms with Gasteiger partial charge in [-0.25, -0.2) is 0 Å². The van der Waals surface area contributed by atoms with Crippen molar-refractivity contribution in [1.82, 2.24) is 0 Å². The maximum absolute atomic E-state index is 8.66. The van der Waals surface area contributed by atoms with Gasteiger partial charge in [-0.3, -0.25) is 0 Å². The summed E-state index contributed by atoms with van der Waals surface area (Å²) in [5, 5.41) is 25.6. The molecule has 0 bridgehead atoms. The Balaban J connectivity index is 3.71. The third-order valence-corrected chi connectivity index (χ3v) is 1.60. The zero-order valence-corrected chi connectivity index (χ0v) is 6.09. The molecule has 0 aromatic rings. The highest BCUT2D eigenvalue weighted by Gasteiger charge is 2.27. The van der Waals surface area contributed by atoms with E-state index in [4.69, 9.17) is 15.3 Å². The van der Waals surface area contributed by atoms with Crippen LogP contribution in [0.4, 0.5) is 0 Å². The Morgan fingerprint density at radius 3 is 2.00 bits per heavy atom. The Hall–Kier alpha value is 0.360. The molecule has 0 radical (unpaired) electrons. The van der Waals surface area contributed by atoms with Crippen molar-refractivity contribution in [3.05, 3.63) is 0 Å². The largest absolute Gasteiger partial charge is 0.391 e. The lowest BCUT2D eigenvalue weighted by molar-refractivity contribution is -0.181. The van der Waals surface area contributed by atoms with Gasteiger partial charge in [0.15, 0.2) is 5.79 Å². The van der Waals surface area contributed by atoms with Crippen molar-refractivity contribution >= 4 is 15.9 Å². The minimum Gasteiger partial charge on any atom is -0.391 e. The van der Waals surface area contributed by atoms with Crippen molar-refractivity contribution in [3.63, 3.8) is 0 Å². The van der Waals surface area contributed by atoms with E-state index in [0.717, 1.165) is 0 Å². The Labute approximate surface area is 56.1 Å². The molecule has 0 aliphatic rings. The van der Waals surface area contributed by atoms with Crippen LogP contribution in [0.25, 0.3) is 0 Å². The van der Waals surface area contributed by atoms with Gasteiger partial charge >= 0.3 is 0 Å². The van der Waals surface area contributed by atoms with Crippen LogP contribution in [0.3, 0.4) is 0 Å². The molecule has 4 heteroatoms. The molecule has 50 valence electrons. The summed E-state index contributed by atoms with van der Waals surface area (Å²) in [6.45, 7) is 0.885. The van der Waals surface area contributed by atoms with Crippen LogP contribution in [-0.2, 0) is 0 Å². The second-order valence-electron chi connectivity index (χ2n) is 1.65. The van der Waals surface area contributed by atoms with Crippen molar-refractivity contribution in [2.24, 2.45) is 0 Å². The Bertz CT molecular complexity index is 71.7. The first kappa shape index (κ1) is 8.36. The van der Waals surface area contributed by atoms with Gasteiger partial charge in [0, 0.05) is 0 Å². The third-order valence-electron chi connectivity index (χ3n) is 0.870. The van der Waals surface area contributed by atoms with E-state index in [0.29, 0.717) is 0 Å². The summed E-state index contributed by atoms with van der Waals surface area (Å²) in [5.74, 6) is -1.99. The molecule has 0 saturated carbocycles. The van der Waals surface area contributed by atoms with Crippen LogP contribution in [0, 0.1) is 0 Å². The normalized spacial score (nSPS) is 16.1. The Morgan fingerprint density at radius 2 is 2.00 bits per heavy atom. The molecular formula is C4H9BrO3. The zero-order valence-electron chi connectivity index (χ0n) is 4.50. The smallest absolute Gasteiger partial charge is 0.199 e. The average Bonchev–Trinajstić information content (AvgIpc) is 1.67. The zero-order chi connectivity index (χ0) is 6.78. The standard InChI is InChI=1S/C4H9BrO3/c1-3(5)4(7,8)2-6/h3,6-8H,2H2,1H3. The first-order valence-corrected chi connectivity index (χ1v) is 3.12. The minimum absolute atomic E-state index is 0.514. The fraction of sp³-hybridized carbons (Fsp3) is 1.00. The molecule has 0 fully saturated rings. The first-order valence-electron chi connectivity index (χ1n) is 2.20. The van der Waals surface area contributed by atoms with Gasteiger partial charge in [0.25, 0.3) is 0 Å². The van der Waals surface area contributed by atoms with E-state index in [1.165, 1.54) is 6.92 Å². The quantitative estimate of drug-likeness (QED) is 0.399. The van der Waals surface area contributed by atoms with Gasteiger partial charge in [0.1, 0.15) is 0 Å². The molecule has 0 aromatic carbocycles. The fourth-order valence-corrected chi connectivity index (χ4v) is 0.271. The lowest BCUT2D eigenvalue weighted by atomic mass is 10.2. The van der Waals surface area contributed by atoms with Crippen LogP contribution >= 0.6 is 15.9 Å². The summed E-state index contributed by atoms with van der Waals surface area (Å²) >= 11 is 2.90. The molecule has 1 unspecified atom stereocenters. The van der Waals surface area contributed by atoms with E-state index < -0.39 is 17.2 Å². The summed E-state index contributed by atoms with van der Waals surface area (Å²) in [4.78, 5) is -0.514. The molecule has 0 rings (SSSR count). The lowest BCUT2D eigenvalue weighted by Gasteiger charge is -2.20. The molecule has 0 saturated heterocycles. The van der Waals surface area contributed by atoms with Crippen molar-refractivity contribution < 1.29 is 15.3 Å². The molecule has 3 nitrogen and oxygen atoms in total. The highest BCUT2D eigenvalue weighted by Crippen LogP contribution is 2.12. The number of halogens is 1. The molecule has 3 N–H and O–H groups in total. The monoisotopic (exact) mass is 184 g/mol. The van der Waals surface area contributed by atoms with Gasteiger partial charge < -0.3 is 15.3 Å². The number of rotatable bonds is 2.